The molecule has 1 fully saturated rings. The van der Waals surface area contributed by atoms with Crippen LogP contribution >= 0.6 is 0 Å². The molecule has 0 aliphatic heterocycles. The summed E-state index contributed by atoms with van der Waals surface area (Å²) in [6, 6.07) is 0. The molecular weight excluding hydrogens is 244 g/mol. The molecule has 5 atom stereocenters. The van der Waals surface area contributed by atoms with Crippen LogP contribution in [0.3, 0.4) is 0 Å². The number of hydrogen-bond acceptors (Lipinski definition) is 3. The van der Waals surface area contributed by atoms with Gasteiger partial charge in [0.05, 0.1) is 17.1 Å². The number of aliphatic carboxylic acids is 1. The van der Waals surface area contributed by atoms with Crippen LogP contribution in [0.25, 0.3) is 0 Å². The van der Waals surface area contributed by atoms with Crippen molar-refractivity contribution in [2.24, 2.45) is 17.8 Å². The second-order valence-corrected chi connectivity index (χ2v) is 6.78. The first-order valence-corrected chi connectivity index (χ1v) is 7.25. The summed E-state index contributed by atoms with van der Waals surface area (Å²) < 4.78 is 0. The number of carboxylic acids is 1. The molecule has 1 aliphatic carbocycles. The summed E-state index contributed by atoms with van der Waals surface area (Å²) >= 11 is 0. The second kappa shape index (κ2) is 5.80. The van der Waals surface area contributed by atoms with Crippen LogP contribution in [-0.4, -0.2) is 32.5 Å². The zero-order chi connectivity index (χ0) is 14.8. The predicted molar refractivity (Wildman–Crippen MR) is 73.8 cm³/mol. The van der Waals surface area contributed by atoms with Gasteiger partial charge in [-0.05, 0) is 57.8 Å². The predicted octanol–water partition coefficient (Wildman–Crippen LogP) is 2.43. The highest BCUT2D eigenvalue weighted by Crippen LogP contribution is 2.46. The highest BCUT2D eigenvalue weighted by molar-refractivity contribution is 5.69. The highest BCUT2D eigenvalue weighted by atomic mass is 16.4. The van der Waals surface area contributed by atoms with E-state index in [0.717, 1.165) is 12.8 Å². The number of hydrogen-bond donors (Lipinski definition) is 3. The zero-order valence-electron chi connectivity index (χ0n) is 12.5. The second-order valence-electron chi connectivity index (χ2n) is 6.78. The zero-order valence-corrected chi connectivity index (χ0v) is 12.5. The van der Waals surface area contributed by atoms with Gasteiger partial charge in [-0.2, -0.15) is 0 Å². The van der Waals surface area contributed by atoms with Crippen LogP contribution in [-0.2, 0) is 4.79 Å². The van der Waals surface area contributed by atoms with Crippen molar-refractivity contribution >= 4 is 5.97 Å². The van der Waals surface area contributed by atoms with Gasteiger partial charge in [0, 0.05) is 0 Å². The molecule has 112 valence electrons. The summed E-state index contributed by atoms with van der Waals surface area (Å²) in [5.41, 5.74) is -1.51. The number of rotatable bonds is 6. The van der Waals surface area contributed by atoms with E-state index in [2.05, 4.69) is 0 Å². The molecule has 4 heteroatoms. The lowest BCUT2D eigenvalue weighted by Crippen LogP contribution is -2.40. The monoisotopic (exact) mass is 272 g/mol. The molecule has 0 aromatic carbocycles. The van der Waals surface area contributed by atoms with Gasteiger partial charge in [-0.3, -0.25) is 4.79 Å². The van der Waals surface area contributed by atoms with E-state index in [1.165, 1.54) is 0 Å². The van der Waals surface area contributed by atoms with Crippen LogP contribution in [0.4, 0.5) is 0 Å². The number of carboxylic acid groups (broad SMARTS) is 1. The van der Waals surface area contributed by atoms with Crippen molar-refractivity contribution in [1.82, 2.24) is 0 Å². The van der Waals surface area contributed by atoms with Crippen LogP contribution in [0.2, 0.25) is 0 Å². The molecule has 1 unspecified atom stereocenters. The van der Waals surface area contributed by atoms with Gasteiger partial charge < -0.3 is 15.3 Å². The van der Waals surface area contributed by atoms with Gasteiger partial charge in [0.25, 0.3) is 0 Å². The molecule has 0 radical (unpaired) electrons. The molecule has 0 spiro atoms. The Morgan fingerprint density at radius 1 is 1.53 bits per heavy atom. The van der Waals surface area contributed by atoms with Crippen LogP contribution in [0, 0.1) is 17.8 Å². The van der Waals surface area contributed by atoms with E-state index < -0.39 is 17.2 Å². The van der Waals surface area contributed by atoms with Gasteiger partial charge in [0.2, 0.25) is 0 Å². The third-order valence-electron chi connectivity index (χ3n) is 5.09. The Morgan fingerprint density at radius 2 is 2.11 bits per heavy atom. The molecule has 0 saturated heterocycles. The van der Waals surface area contributed by atoms with Gasteiger partial charge in [0.1, 0.15) is 0 Å². The standard InChI is InChI=1S/C15H28O4/c1-10(13(16)17)6-5-8-15(4,19)12-7-9-14(3,18)11(12)2/h10-12,18-19H,5-9H2,1-4H3,(H,16,17)/t10?,11-,12+,14+,15+/m0/s1. The smallest absolute Gasteiger partial charge is 0.306 e. The summed E-state index contributed by atoms with van der Waals surface area (Å²) in [7, 11) is 0. The van der Waals surface area contributed by atoms with Gasteiger partial charge in [-0.1, -0.05) is 13.8 Å². The molecule has 1 saturated carbocycles. The molecule has 0 aromatic rings. The minimum absolute atomic E-state index is 0.0689. The first-order valence-electron chi connectivity index (χ1n) is 7.25. The largest absolute Gasteiger partial charge is 0.481 e. The fourth-order valence-corrected chi connectivity index (χ4v) is 3.28. The van der Waals surface area contributed by atoms with Crippen molar-refractivity contribution in [2.45, 2.75) is 71.0 Å². The highest BCUT2D eigenvalue weighted by Gasteiger charge is 2.48. The maximum absolute atomic E-state index is 10.8. The van der Waals surface area contributed by atoms with E-state index in [1.54, 1.807) is 6.92 Å². The summed E-state index contributed by atoms with van der Waals surface area (Å²) in [5.74, 6) is -0.987. The summed E-state index contributed by atoms with van der Waals surface area (Å²) in [6.45, 7) is 7.34. The molecule has 3 N–H and O–H groups in total. The van der Waals surface area contributed by atoms with Crippen molar-refractivity contribution in [3.63, 3.8) is 0 Å². The van der Waals surface area contributed by atoms with Crippen molar-refractivity contribution < 1.29 is 20.1 Å². The third-order valence-corrected chi connectivity index (χ3v) is 5.09. The van der Waals surface area contributed by atoms with Gasteiger partial charge in [-0.25, -0.2) is 0 Å². The van der Waals surface area contributed by atoms with Crippen LogP contribution in [0.1, 0.15) is 59.8 Å². The molecule has 0 amide bonds. The fourth-order valence-electron chi connectivity index (χ4n) is 3.28. The Kier molecular flexibility index (Phi) is 5.02. The van der Waals surface area contributed by atoms with Gasteiger partial charge in [-0.15, -0.1) is 0 Å². The molecule has 0 aromatic heterocycles. The lowest BCUT2D eigenvalue weighted by atomic mass is 9.76. The minimum Gasteiger partial charge on any atom is -0.481 e. The Hall–Kier alpha value is -0.610. The van der Waals surface area contributed by atoms with Crippen LogP contribution in [0.5, 0.6) is 0 Å². The van der Waals surface area contributed by atoms with E-state index in [9.17, 15) is 15.0 Å². The van der Waals surface area contributed by atoms with Crippen molar-refractivity contribution in [3.8, 4) is 0 Å². The van der Waals surface area contributed by atoms with Gasteiger partial charge >= 0.3 is 5.97 Å². The normalized spacial score (nSPS) is 35.9. The van der Waals surface area contributed by atoms with Gasteiger partial charge in [0.15, 0.2) is 0 Å². The fraction of sp³-hybridized carbons (Fsp3) is 0.933. The van der Waals surface area contributed by atoms with Crippen molar-refractivity contribution in [3.05, 3.63) is 0 Å². The first kappa shape index (κ1) is 16.4. The SMILES string of the molecule is CC(CCC[C@@](C)(O)[C@@H]1CC[C@@](C)(O)[C@H]1C)C(=O)O. The maximum atomic E-state index is 10.8. The molecule has 1 rings (SSSR count). The average Bonchev–Trinajstić information content (AvgIpc) is 2.54. The van der Waals surface area contributed by atoms with E-state index in [-0.39, 0.29) is 17.8 Å². The Morgan fingerprint density at radius 3 is 2.53 bits per heavy atom. The Labute approximate surface area is 115 Å². The number of carbonyl (C=O) groups is 1. The lowest BCUT2D eigenvalue weighted by Gasteiger charge is -2.36. The van der Waals surface area contributed by atoms with E-state index >= 15 is 0 Å². The summed E-state index contributed by atoms with van der Waals surface area (Å²) in [4.78, 5) is 10.8. The molecule has 0 heterocycles. The average molecular weight is 272 g/mol. The number of aliphatic hydroxyl groups is 2. The van der Waals surface area contributed by atoms with E-state index in [4.69, 9.17) is 5.11 Å². The lowest BCUT2D eigenvalue weighted by molar-refractivity contribution is -0.141. The molecule has 0 bridgehead atoms. The topological polar surface area (TPSA) is 77.8 Å². The third kappa shape index (κ3) is 3.93. The Bertz CT molecular complexity index is 322. The molecule has 19 heavy (non-hydrogen) atoms. The molecule has 4 nitrogen and oxygen atoms in total. The molecule has 1 aliphatic rings. The van der Waals surface area contributed by atoms with E-state index in [0.29, 0.717) is 19.3 Å². The van der Waals surface area contributed by atoms with Crippen molar-refractivity contribution in [2.75, 3.05) is 0 Å². The summed E-state index contributed by atoms with van der Waals surface area (Å²) in [6.07, 6.45) is 3.43. The first-order chi connectivity index (χ1) is 8.58. The quantitative estimate of drug-likeness (QED) is 0.694. The summed E-state index contributed by atoms with van der Waals surface area (Å²) in [5, 5.41) is 29.6. The van der Waals surface area contributed by atoms with Crippen molar-refractivity contribution in [1.29, 1.82) is 0 Å². The molecular formula is C15H28O4. The maximum Gasteiger partial charge on any atom is 0.306 e. The van der Waals surface area contributed by atoms with E-state index in [1.807, 2.05) is 20.8 Å². The van der Waals surface area contributed by atoms with Crippen LogP contribution in [0.15, 0.2) is 0 Å². The van der Waals surface area contributed by atoms with Crippen LogP contribution < -0.4 is 0 Å². The minimum atomic E-state index is -0.821. The Balaban J connectivity index is 2.50.